The molecule has 0 saturated carbocycles. The highest BCUT2D eigenvalue weighted by Crippen LogP contribution is 2.27. The summed E-state index contributed by atoms with van der Waals surface area (Å²) in [5.41, 5.74) is 1.04. The van der Waals surface area contributed by atoms with Crippen LogP contribution in [0.5, 0.6) is 5.75 Å². The van der Waals surface area contributed by atoms with Crippen LogP contribution in [0.3, 0.4) is 0 Å². The zero-order valence-corrected chi connectivity index (χ0v) is 13.5. The molecule has 0 radical (unpaired) electrons. The minimum atomic E-state index is -0.246. The SMILES string of the molecule is CCOc1ccc(CN2CCC(C3CCCN3)CC2)cc1F. The molecule has 2 heterocycles. The highest BCUT2D eigenvalue weighted by Gasteiger charge is 2.28. The monoisotopic (exact) mass is 306 g/mol. The van der Waals surface area contributed by atoms with Crippen molar-refractivity contribution in [2.75, 3.05) is 26.2 Å². The molecular formula is C18H27FN2O. The number of ether oxygens (including phenoxy) is 1. The van der Waals surface area contributed by atoms with E-state index in [-0.39, 0.29) is 5.82 Å². The fourth-order valence-electron chi connectivity index (χ4n) is 3.80. The van der Waals surface area contributed by atoms with Gasteiger partial charge in [0.05, 0.1) is 6.61 Å². The van der Waals surface area contributed by atoms with Gasteiger partial charge in [-0.1, -0.05) is 6.07 Å². The van der Waals surface area contributed by atoms with Gasteiger partial charge in [-0.3, -0.25) is 4.90 Å². The van der Waals surface area contributed by atoms with Crippen molar-refractivity contribution in [2.45, 2.75) is 45.2 Å². The van der Waals surface area contributed by atoms with Crippen LogP contribution in [-0.2, 0) is 6.54 Å². The number of nitrogens with one attached hydrogen (secondary N) is 1. The maximum absolute atomic E-state index is 13.9. The smallest absolute Gasteiger partial charge is 0.165 e. The number of nitrogens with zero attached hydrogens (tertiary/aromatic N) is 1. The number of halogens is 1. The van der Waals surface area contributed by atoms with Crippen molar-refractivity contribution in [1.29, 1.82) is 0 Å². The summed E-state index contributed by atoms with van der Waals surface area (Å²) in [4.78, 5) is 2.45. The molecule has 3 rings (SSSR count). The van der Waals surface area contributed by atoms with Crippen LogP contribution in [0.1, 0.15) is 38.2 Å². The van der Waals surface area contributed by atoms with Crippen LogP contribution in [0.2, 0.25) is 0 Å². The molecule has 3 nitrogen and oxygen atoms in total. The maximum Gasteiger partial charge on any atom is 0.165 e. The summed E-state index contributed by atoms with van der Waals surface area (Å²) in [6.45, 7) is 6.65. The van der Waals surface area contributed by atoms with Gasteiger partial charge in [0.1, 0.15) is 0 Å². The van der Waals surface area contributed by atoms with Crippen molar-refractivity contribution in [2.24, 2.45) is 5.92 Å². The van der Waals surface area contributed by atoms with Gasteiger partial charge in [-0.25, -0.2) is 4.39 Å². The van der Waals surface area contributed by atoms with Crippen molar-refractivity contribution in [3.8, 4) is 5.75 Å². The van der Waals surface area contributed by atoms with Gasteiger partial charge in [-0.05, 0) is 75.9 Å². The van der Waals surface area contributed by atoms with Crippen LogP contribution in [0.15, 0.2) is 18.2 Å². The van der Waals surface area contributed by atoms with Gasteiger partial charge in [-0.15, -0.1) is 0 Å². The lowest BCUT2D eigenvalue weighted by Gasteiger charge is -2.35. The summed E-state index contributed by atoms with van der Waals surface area (Å²) in [6, 6.07) is 6.10. The predicted octanol–water partition coefficient (Wildman–Crippen LogP) is 3.19. The molecule has 0 spiro atoms. The van der Waals surface area contributed by atoms with Gasteiger partial charge >= 0.3 is 0 Å². The molecule has 2 saturated heterocycles. The van der Waals surface area contributed by atoms with E-state index >= 15 is 0 Å². The van der Waals surface area contributed by atoms with Gasteiger partial charge in [-0.2, -0.15) is 0 Å². The summed E-state index contributed by atoms with van der Waals surface area (Å²) in [5, 5.41) is 3.63. The molecule has 2 aliphatic heterocycles. The molecule has 22 heavy (non-hydrogen) atoms. The Balaban J connectivity index is 1.51. The number of hydrogen-bond donors (Lipinski definition) is 1. The molecule has 0 amide bonds. The highest BCUT2D eigenvalue weighted by atomic mass is 19.1. The van der Waals surface area contributed by atoms with Crippen molar-refractivity contribution >= 4 is 0 Å². The van der Waals surface area contributed by atoms with Gasteiger partial charge in [0, 0.05) is 12.6 Å². The molecule has 2 aliphatic rings. The first-order valence-corrected chi connectivity index (χ1v) is 8.63. The minimum absolute atomic E-state index is 0.246. The lowest BCUT2D eigenvalue weighted by Crippen LogP contribution is -2.40. The van der Waals surface area contributed by atoms with Gasteiger partial charge in [0.15, 0.2) is 11.6 Å². The topological polar surface area (TPSA) is 24.5 Å². The second-order valence-corrected chi connectivity index (χ2v) is 6.51. The standard InChI is InChI=1S/C18H27FN2O/c1-2-22-18-6-5-14(12-16(18)19)13-21-10-7-15(8-11-21)17-4-3-9-20-17/h5-6,12,15,17,20H,2-4,7-11,13H2,1H3. The van der Waals surface area contributed by atoms with Gasteiger partial charge in [0.2, 0.25) is 0 Å². The van der Waals surface area contributed by atoms with Crippen molar-refractivity contribution < 1.29 is 9.13 Å². The molecule has 1 aromatic rings. The van der Waals surface area contributed by atoms with Crippen LogP contribution in [0, 0.1) is 11.7 Å². The largest absolute Gasteiger partial charge is 0.491 e. The van der Waals surface area contributed by atoms with Crippen molar-refractivity contribution in [3.05, 3.63) is 29.6 Å². The lowest BCUT2D eigenvalue weighted by molar-refractivity contribution is 0.157. The maximum atomic E-state index is 13.9. The van der Waals surface area contributed by atoms with E-state index in [0.29, 0.717) is 12.4 Å². The van der Waals surface area contributed by atoms with Crippen molar-refractivity contribution in [3.63, 3.8) is 0 Å². The van der Waals surface area contributed by atoms with E-state index in [1.807, 2.05) is 13.0 Å². The average molecular weight is 306 g/mol. The number of likely N-dealkylation sites (tertiary alicyclic amines) is 1. The first-order chi connectivity index (χ1) is 10.8. The number of piperidine rings is 1. The Morgan fingerprint density at radius 1 is 1.27 bits per heavy atom. The van der Waals surface area contributed by atoms with E-state index in [2.05, 4.69) is 10.2 Å². The zero-order valence-electron chi connectivity index (χ0n) is 13.5. The Bertz CT molecular complexity index is 480. The van der Waals surface area contributed by atoms with E-state index < -0.39 is 0 Å². The van der Waals surface area contributed by atoms with Crippen molar-refractivity contribution in [1.82, 2.24) is 10.2 Å². The van der Waals surface area contributed by atoms with E-state index in [9.17, 15) is 4.39 Å². The highest BCUT2D eigenvalue weighted by molar-refractivity contribution is 5.29. The summed E-state index contributed by atoms with van der Waals surface area (Å²) in [5.74, 6) is 0.942. The van der Waals surface area contributed by atoms with Crippen LogP contribution in [-0.4, -0.2) is 37.2 Å². The summed E-state index contributed by atoms with van der Waals surface area (Å²) in [7, 11) is 0. The Morgan fingerprint density at radius 3 is 2.73 bits per heavy atom. The number of benzene rings is 1. The molecule has 122 valence electrons. The molecule has 1 unspecified atom stereocenters. The second kappa shape index (κ2) is 7.42. The van der Waals surface area contributed by atoms with Crippen LogP contribution >= 0.6 is 0 Å². The second-order valence-electron chi connectivity index (χ2n) is 6.51. The van der Waals surface area contributed by atoms with Crippen LogP contribution in [0.25, 0.3) is 0 Å². The summed E-state index contributed by atoms with van der Waals surface area (Å²) < 4.78 is 19.2. The van der Waals surface area contributed by atoms with Crippen LogP contribution in [0.4, 0.5) is 4.39 Å². The molecule has 0 aromatic heterocycles. The Labute approximate surface area is 132 Å². The summed E-state index contributed by atoms with van der Waals surface area (Å²) >= 11 is 0. The lowest BCUT2D eigenvalue weighted by atomic mass is 9.88. The fraction of sp³-hybridized carbons (Fsp3) is 0.667. The molecule has 1 aromatic carbocycles. The fourth-order valence-corrected chi connectivity index (χ4v) is 3.80. The minimum Gasteiger partial charge on any atom is -0.491 e. The summed E-state index contributed by atoms with van der Waals surface area (Å²) in [6.07, 6.45) is 5.19. The third-order valence-corrected chi connectivity index (χ3v) is 5.00. The number of rotatable bonds is 5. The quantitative estimate of drug-likeness (QED) is 0.904. The molecule has 0 bridgehead atoms. The molecule has 2 fully saturated rings. The first kappa shape index (κ1) is 15.8. The molecule has 4 heteroatoms. The molecular weight excluding hydrogens is 279 g/mol. The van der Waals surface area contributed by atoms with Gasteiger partial charge < -0.3 is 10.1 Å². The third kappa shape index (κ3) is 3.79. The Hall–Kier alpha value is -1.13. The normalized spacial score (nSPS) is 23.8. The first-order valence-electron chi connectivity index (χ1n) is 8.63. The Kier molecular flexibility index (Phi) is 5.32. The van der Waals surface area contributed by atoms with Crippen LogP contribution < -0.4 is 10.1 Å². The molecule has 1 atom stereocenters. The number of hydrogen-bond acceptors (Lipinski definition) is 3. The van der Waals surface area contributed by atoms with E-state index in [4.69, 9.17) is 4.74 Å². The average Bonchev–Trinajstić information content (AvgIpc) is 3.05. The Morgan fingerprint density at radius 2 is 2.09 bits per heavy atom. The molecule has 1 N–H and O–H groups in total. The van der Waals surface area contributed by atoms with E-state index in [1.54, 1.807) is 12.1 Å². The van der Waals surface area contributed by atoms with E-state index in [1.165, 1.54) is 32.2 Å². The van der Waals surface area contributed by atoms with Gasteiger partial charge in [0.25, 0.3) is 0 Å². The van der Waals surface area contributed by atoms with E-state index in [0.717, 1.165) is 37.2 Å². The predicted molar refractivity (Wildman–Crippen MR) is 86.6 cm³/mol. The molecule has 0 aliphatic carbocycles. The third-order valence-electron chi connectivity index (χ3n) is 5.00. The zero-order chi connectivity index (χ0) is 15.4.